The van der Waals surface area contributed by atoms with Crippen molar-refractivity contribution in [1.29, 1.82) is 0 Å². The van der Waals surface area contributed by atoms with Crippen LogP contribution >= 0.6 is 0 Å². The number of allylic oxidation sites excluding steroid dienone is 1. The Morgan fingerprint density at radius 2 is 1.38 bits per heavy atom. The second kappa shape index (κ2) is 4.65. The highest BCUT2D eigenvalue weighted by Gasteiger charge is 2.39. The smallest absolute Gasteiger partial charge is 0.318 e. The molecule has 0 aromatic heterocycles. The van der Waals surface area contributed by atoms with Gasteiger partial charge in [-0.25, -0.2) is 0 Å². The molecule has 0 unspecified atom stereocenters. The van der Waals surface area contributed by atoms with Crippen molar-refractivity contribution in [3.63, 3.8) is 0 Å². The Morgan fingerprint density at radius 1 is 1.00 bits per heavy atom. The third-order valence-corrected chi connectivity index (χ3v) is 2.16. The van der Waals surface area contributed by atoms with Gasteiger partial charge in [0.25, 0.3) is 0 Å². The van der Waals surface area contributed by atoms with Gasteiger partial charge in [0.1, 0.15) is 0 Å². The predicted octanol–water partition coefficient (Wildman–Crippen LogP) is 1.13. The maximum atomic E-state index is 10.8. The molecule has 0 bridgehead atoms. The van der Waals surface area contributed by atoms with Gasteiger partial charge in [-0.1, -0.05) is 26.0 Å². The second-order valence-electron chi connectivity index (χ2n) is 4.92. The van der Waals surface area contributed by atoms with Crippen LogP contribution in [0.4, 0.5) is 0 Å². The Bertz CT molecular complexity index is 295. The van der Waals surface area contributed by atoms with Gasteiger partial charge in [0.05, 0.1) is 5.60 Å². The zero-order chi connectivity index (χ0) is 13.1. The largest absolute Gasteiger partial charge is 0.481 e. The number of rotatable bonds is 5. The monoisotopic (exact) mass is 230 g/mol. The molecule has 0 heterocycles. The molecule has 0 aromatic carbocycles. The lowest BCUT2D eigenvalue weighted by Crippen LogP contribution is -2.36. The van der Waals surface area contributed by atoms with E-state index in [-0.39, 0.29) is 0 Å². The fourth-order valence-corrected chi connectivity index (χ4v) is 1.26. The summed E-state index contributed by atoms with van der Waals surface area (Å²) in [6.07, 6.45) is 2.81. The van der Waals surface area contributed by atoms with E-state index in [4.69, 9.17) is 10.2 Å². The SMILES string of the molecule is CC(C)(O)/C=C/C(C)(C)C(C(=O)O)C(=O)O. The van der Waals surface area contributed by atoms with Gasteiger partial charge < -0.3 is 15.3 Å². The van der Waals surface area contributed by atoms with Crippen molar-refractivity contribution >= 4 is 11.9 Å². The van der Waals surface area contributed by atoms with Gasteiger partial charge >= 0.3 is 11.9 Å². The first-order valence-corrected chi connectivity index (χ1v) is 4.86. The molecular weight excluding hydrogens is 212 g/mol. The van der Waals surface area contributed by atoms with Gasteiger partial charge in [-0.3, -0.25) is 9.59 Å². The van der Waals surface area contributed by atoms with E-state index in [1.807, 2.05) is 0 Å². The summed E-state index contributed by atoms with van der Waals surface area (Å²) < 4.78 is 0. The fraction of sp³-hybridized carbons (Fsp3) is 0.636. The zero-order valence-corrected chi connectivity index (χ0v) is 9.89. The van der Waals surface area contributed by atoms with E-state index >= 15 is 0 Å². The first-order chi connectivity index (χ1) is 6.97. The van der Waals surface area contributed by atoms with Gasteiger partial charge in [0.2, 0.25) is 0 Å². The molecule has 0 saturated carbocycles. The van der Waals surface area contributed by atoms with E-state index in [2.05, 4.69) is 0 Å². The lowest BCUT2D eigenvalue weighted by molar-refractivity contribution is -0.158. The van der Waals surface area contributed by atoms with Gasteiger partial charge in [0.15, 0.2) is 5.92 Å². The predicted molar refractivity (Wildman–Crippen MR) is 58.0 cm³/mol. The first kappa shape index (κ1) is 14.6. The summed E-state index contributed by atoms with van der Waals surface area (Å²) in [5.74, 6) is -4.32. The van der Waals surface area contributed by atoms with Gasteiger partial charge in [-0.05, 0) is 13.8 Å². The van der Waals surface area contributed by atoms with Crippen LogP contribution in [0.1, 0.15) is 27.7 Å². The molecule has 0 aliphatic carbocycles. The minimum atomic E-state index is -1.54. The van der Waals surface area contributed by atoms with Crippen LogP contribution in [-0.2, 0) is 9.59 Å². The Hall–Kier alpha value is -1.36. The molecule has 0 spiro atoms. The molecule has 0 saturated heterocycles. The molecule has 0 radical (unpaired) electrons. The molecule has 5 nitrogen and oxygen atoms in total. The van der Waals surface area contributed by atoms with E-state index < -0.39 is 28.9 Å². The Labute approximate surface area is 94.4 Å². The topological polar surface area (TPSA) is 94.8 Å². The summed E-state index contributed by atoms with van der Waals surface area (Å²) in [4.78, 5) is 21.7. The molecule has 0 fully saturated rings. The number of carboxylic acids is 2. The van der Waals surface area contributed by atoms with Crippen LogP contribution in [0, 0.1) is 11.3 Å². The van der Waals surface area contributed by atoms with Crippen LogP contribution in [0.25, 0.3) is 0 Å². The number of hydrogen-bond acceptors (Lipinski definition) is 3. The van der Waals surface area contributed by atoms with Gasteiger partial charge in [-0.2, -0.15) is 0 Å². The summed E-state index contributed by atoms with van der Waals surface area (Å²) >= 11 is 0. The molecule has 5 heteroatoms. The quantitative estimate of drug-likeness (QED) is 0.486. The number of carboxylic acid groups (broad SMARTS) is 2. The molecule has 0 aromatic rings. The molecule has 0 atom stereocenters. The number of aliphatic carboxylic acids is 2. The zero-order valence-electron chi connectivity index (χ0n) is 9.89. The Kier molecular flexibility index (Phi) is 4.26. The van der Waals surface area contributed by atoms with E-state index in [9.17, 15) is 14.7 Å². The van der Waals surface area contributed by atoms with E-state index in [1.165, 1.54) is 39.8 Å². The minimum absolute atomic E-state index is 1.07. The van der Waals surface area contributed by atoms with Crippen molar-refractivity contribution in [2.45, 2.75) is 33.3 Å². The number of hydrogen-bond donors (Lipinski definition) is 3. The Morgan fingerprint density at radius 3 is 1.62 bits per heavy atom. The Balaban J connectivity index is 5.09. The molecule has 0 amide bonds. The van der Waals surface area contributed by atoms with Crippen molar-refractivity contribution in [1.82, 2.24) is 0 Å². The summed E-state index contributed by atoms with van der Waals surface area (Å²) in [6.45, 7) is 6.05. The van der Waals surface area contributed by atoms with Crippen LogP contribution in [0.2, 0.25) is 0 Å². The van der Waals surface area contributed by atoms with Crippen LogP contribution in [0.15, 0.2) is 12.2 Å². The van der Waals surface area contributed by atoms with E-state index in [0.29, 0.717) is 0 Å². The fourth-order valence-electron chi connectivity index (χ4n) is 1.26. The number of aliphatic hydroxyl groups is 1. The molecule has 0 aliphatic rings. The molecule has 0 rings (SSSR count). The third kappa shape index (κ3) is 4.44. The highest BCUT2D eigenvalue weighted by Crippen LogP contribution is 2.30. The summed E-state index contributed by atoms with van der Waals surface area (Å²) in [7, 11) is 0. The van der Waals surface area contributed by atoms with Crippen molar-refractivity contribution in [2.75, 3.05) is 0 Å². The summed E-state index contributed by atoms with van der Waals surface area (Å²) in [6, 6.07) is 0. The molecule has 3 N–H and O–H groups in total. The highest BCUT2D eigenvalue weighted by molar-refractivity contribution is 5.94. The average molecular weight is 230 g/mol. The van der Waals surface area contributed by atoms with Crippen molar-refractivity contribution in [3.8, 4) is 0 Å². The van der Waals surface area contributed by atoms with Crippen LogP contribution in [0.3, 0.4) is 0 Å². The lowest BCUT2D eigenvalue weighted by atomic mass is 9.78. The van der Waals surface area contributed by atoms with Crippen molar-refractivity contribution in [2.24, 2.45) is 11.3 Å². The maximum absolute atomic E-state index is 10.8. The lowest BCUT2D eigenvalue weighted by Gasteiger charge is -2.26. The molecule has 16 heavy (non-hydrogen) atoms. The van der Waals surface area contributed by atoms with Crippen molar-refractivity contribution in [3.05, 3.63) is 12.2 Å². The van der Waals surface area contributed by atoms with Gasteiger partial charge in [0, 0.05) is 5.41 Å². The maximum Gasteiger partial charge on any atom is 0.318 e. The standard InChI is InChI=1S/C11H18O5/c1-10(2,5-6-11(3,4)16)7(8(12)13)9(14)15/h5-7,16H,1-4H3,(H,12,13)(H,14,15)/b6-5+. The molecular formula is C11H18O5. The molecule has 92 valence electrons. The number of carbonyl (C=O) groups is 2. The summed E-state index contributed by atoms with van der Waals surface area (Å²) in [5, 5.41) is 27.1. The van der Waals surface area contributed by atoms with Gasteiger partial charge in [-0.15, -0.1) is 0 Å². The average Bonchev–Trinajstić information content (AvgIpc) is 1.97. The second-order valence-corrected chi connectivity index (χ2v) is 4.92. The highest BCUT2D eigenvalue weighted by atomic mass is 16.4. The molecule has 0 aliphatic heterocycles. The minimum Gasteiger partial charge on any atom is -0.481 e. The van der Waals surface area contributed by atoms with Crippen LogP contribution < -0.4 is 0 Å². The third-order valence-electron chi connectivity index (χ3n) is 2.16. The normalized spacial score (nSPS) is 13.4. The summed E-state index contributed by atoms with van der Waals surface area (Å²) in [5.41, 5.74) is -2.17. The van der Waals surface area contributed by atoms with Crippen LogP contribution in [-0.4, -0.2) is 32.9 Å². The van der Waals surface area contributed by atoms with Crippen LogP contribution in [0.5, 0.6) is 0 Å². The van der Waals surface area contributed by atoms with E-state index in [0.717, 1.165) is 0 Å². The van der Waals surface area contributed by atoms with Crippen molar-refractivity contribution < 1.29 is 24.9 Å². The first-order valence-electron chi connectivity index (χ1n) is 4.86. The van der Waals surface area contributed by atoms with E-state index in [1.54, 1.807) is 0 Å².